The van der Waals surface area contributed by atoms with E-state index in [1.807, 2.05) is 18.2 Å². The first-order valence-corrected chi connectivity index (χ1v) is 11.7. The summed E-state index contributed by atoms with van der Waals surface area (Å²) in [6, 6.07) is 5.21. The molecule has 3 saturated heterocycles. The summed E-state index contributed by atoms with van der Waals surface area (Å²) in [7, 11) is 1.75. The average molecular weight is 442 g/mol. The van der Waals surface area contributed by atoms with Crippen LogP contribution in [0.3, 0.4) is 0 Å². The number of ether oxygens (including phenoxy) is 1. The van der Waals surface area contributed by atoms with Crippen molar-refractivity contribution in [2.24, 2.45) is 7.05 Å². The third-order valence-electron chi connectivity index (χ3n) is 7.06. The van der Waals surface area contributed by atoms with E-state index >= 15 is 0 Å². The monoisotopic (exact) mass is 441 g/mol. The largest absolute Gasteiger partial charge is 0.375 e. The van der Waals surface area contributed by atoms with Crippen molar-refractivity contribution in [1.29, 1.82) is 0 Å². The first kappa shape index (κ1) is 21.2. The van der Waals surface area contributed by atoms with Crippen LogP contribution in [0.5, 0.6) is 0 Å². The summed E-state index contributed by atoms with van der Waals surface area (Å²) in [5.41, 5.74) is 2.34. The molecule has 2 aromatic rings. The van der Waals surface area contributed by atoms with Gasteiger partial charge >= 0.3 is 5.69 Å². The number of aromatic nitrogens is 2. The molecule has 1 aromatic carbocycles. The predicted molar refractivity (Wildman–Crippen MR) is 121 cm³/mol. The number of hydrogen-bond donors (Lipinski definition) is 2. The van der Waals surface area contributed by atoms with Crippen LogP contribution in [-0.2, 0) is 21.4 Å². The Morgan fingerprint density at radius 3 is 2.41 bits per heavy atom. The van der Waals surface area contributed by atoms with Crippen molar-refractivity contribution in [3.8, 4) is 0 Å². The summed E-state index contributed by atoms with van der Waals surface area (Å²) in [5.74, 6) is -0.688. The molecule has 9 nitrogen and oxygen atoms in total. The zero-order valence-corrected chi connectivity index (χ0v) is 18.5. The minimum Gasteiger partial charge on any atom is -0.375 e. The van der Waals surface area contributed by atoms with E-state index in [1.165, 1.54) is 0 Å². The molecule has 9 heteroatoms. The van der Waals surface area contributed by atoms with Crippen LogP contribution >= 0.6 is 0 Å². The van der Waals surface area contributed by atoms with Crippen molar-refractivity contribution in [2.75, 3.05) is 31.1 Å². The molecule has 1 aromatic heterocycles. The van der Waals surface area contributed by atoms with E-state index in [9.17, 15) is 14.4 Å². The van der Waals surface area contributed by atoms with Gasteiger partial charge in [0.2, 0.25) is 11.8 Å². The number of rotatable bonds is 4. The normalized spacial score (nSPS) is 23.7. The lowest BCUT2D eigenvalue weighted by atomic mass is 10.0. The van der Waals surface area contributed by atoms with Crippen molar-refractivity contribution < 1.29 is 14.3 Å². The van der Waals surface area contributed by atoms with Gasteiger partial charge in [0.25, 0.3) is 0 Å². The number of fused-ring (bicyclic) bond motifs is 1. The van der Waals surface area contributed by atoms with Gasteiger partial charge in [-0.15, -0.1) is 0 Å². The molecule has 3 fully saturated rings. The summed E-state index contributed by atoms with van der Waals surface area (Å²) in [6.45, 7) is 3.80. The second-order valence-corrected chi connectivity index (χ2v) is 9.10. The van der Waals surface area contributed by atoms with Gasteiger partial charge in [0.15, 0.2) is 0 Å². The number of nitrogens with zero attached hydrogens (tertiary/aromatic N) is 3. The molecule has 0 bridgehead atoms. The Labute approximate surface area is 186 Å². The van der Waals surface area contributed by atoms with Crippen molar-refractivity contribution >= 4 is 28.5 Å². The number of hydrogen-bond acceptors (Lipinski definition) is 6. The fourth-order valence-corrected chi connectivity index (χ4v) is 5.34. The molecule has 1 atom stereocenters. The lowest BCUT2D eigenvalue weighted by molar-refractivity contribution is -0.135. The number of aryl methyl sites for hydroxylation is 1. The Morgan fingerprint density at radius 1 is 0.969 bits per heavy atom. The number of imide groups is 1. The van der Waals surface area contributed by atoms with Crippen LogP contribution in [0, 0.1) is 0 Å². The van der Waals surface area contributed by atoms with Crippen LogP contribution in [0.15, 0.2) is 23.0 Å². The van der Waals surface area contributed by atoms with Crippen LogP contribution in [0.4, 0.5) is 5.69 Å². The van der Waals surface area contributed by atoms with Gasteiger partial charge in [0.05, 0.1) is 28.9 Å². The zero-order valence-electron chi connectivity index (χ0n) is 18.5. The van der Waals surface area contributed by atoms with E-state index in [0.717, 1.165) is 68.6 Å². The van der Waals surface area contributed by atoms with Crippen LogP contribution in [0.2, 0.25) is 0 Å². The van der Waals surface area contributed by atoms with Gasteiger partial charge in [-0.1, -0.05) is 6.07 Å². The van der Waals surface area contributed by atoms with E-state index in [1.54, 1.807) is 16.2 Å². The Kier molecular flexibility index (Phi) is 5.77. The molecule has 4 heterocycles. The topological polar surface area (TPSA) is 97.6 Å². The smallest absolute Gasteiger partial charge is 0.329 e. The van der Waals surface area contributed by atoms with Crippen molar-refractivity contribution in [3.63, 3.8) is 0 Å². The van der Waals surface area contributed by atoms with Crippen molar-refractivity contribution in [3.05, 3.63) is 28.7 Å². The average Bonchev–Trinajstić information content (AvgIpc) is 3.06. The minimum absolute atomic E-state index is 0.230. The molecule has 5 rings (SSSR count). The summed E-state index contributed by atoms with van der Waals surface area (Å²) >= 11 is 0. The standard InChI is InChI=1S/C23H31N5O4/c1-26-21-17(27-13-9-16(10-14-27)32-15-7-11-24-12-8-15)3-2-4-18(21)28(23(26)31)19-5-6-20(29)25-22(19)30/h2-4,15-16,19,24H,5-14H2,1H3,(H,25,29,30). The van der Waals surface area contributed by atoms with Crippen LogP contribution in [0.1, 0.15) is 44.6 Å². The van der Waals surface area contributed by atoms with Crippen LogP contribution in [0.25, 0.3) is 11.0 Å². The molecule has 3 aliphatic rings. The quantitative estimate of drug-likeness (QED) is 0.689. The number of piperidine rings is 3. The molecule has 0 aliphatic carbocycles. The SMILES string of the molecule is Cn1c(=O)n(C2CCC(=O)NC2=O)c2cccc(N3CCC(OC4CCNCC4)CC3)c21. The van der Waals surface area contributed by atoms with E-state index in [-0.39, 0.29) is 24.1 Å². The lowest BCUT2D eigenvalue weighted by Crippen LogP contribution is -2.44. The maximum atomic E-state index is 13.1. The van der Waals surface area contributed by atoms with Crippen molar-refractivity contribution in [1.82, 2.24) is 19.8 Å². The lowest BCUT2D eigenvalue weighted by Gasteiger charge is -2.36. The minimum atomic E-state index is -0.664. The molecule has 2 amide bonds. The Hall–Kier alpha value is -2.65. The predicted octanol–water partition coefficient (Wildman–Crippen LogP) is 1.06. The van der Waals surface area contributed by atoms with E-state index in [2.05, 4.69) is 15.5 Å². The van der Waals surface area contributed by atoms with Crippen molar-refractivity contribution in [2.45, 2.75) is 56.8 Å². The molecule has 172 valence electrons. The molecule has 0 spiro atoms. The number of nitrogens with one attached hydrogen (secondary N) is 2. The number of imidazole rings is 1. The molecule has 1 unspecified atom stereocenters. The summed E-state index contributed by atoms with van der Waals surface area (Å²) in [6.07, 6.45) is 5.30. The zero-order chi connectivity index (χ0) is 22.2. The molecular formula is C23H31N5O4. The van der Waals surface area contributed by atoms with Gasteiger partial charge in [-0.3, -0.25) is 24.0 Å². The van der Waals surface area contributed by atoms with Crippen LogP contribution in [-0.4, -0.2) is 59.3 Å². The fourth-order valence-electron chi connectivity index (χ4n) is 5.34. The summed E-state index contributed by atoms with van der Waals surface area (Å²) < 4.78 is 9.53. The molecule has 0 radical (unpaired) electrons. The third-order valence-corrected chi connectivity index (χ3v) is 7.06. The number of para-hydroxylation sites is 1. The first-order chi connectivity index (χ1) is 15.5. The molecule has 32 heavy (non-hydrogen) atoms. The first-order valence-electron chi connectivity index (χ1n) is 11.7. The Morgan fingerprint density at radius 2 is 1.69 bits per heavy atom. The molecule has 3 aliphatic heterocycles. The number of anilines is 1. The highest BCUT2D eigenvalue weighted by Crippen LogP contribution is 2.31. The molecule has 2 N–H and O–H groups in total. The van der Waals surface area contributed by atoms with Gasteiger partial charge < -0.3 is 15.0 Å². The highest BCUT2D eigenvalue weighted by atomic mass is 16.5. The maximum absolute atomic E-state index is 13.1. The molecule has 0 saturated carbocycles. The number of amides is 2. The summed E-state index contributed by atoms with van der Waals surface area (Å²) in [5, 5.41) is 5.75. The van der Waals surface area contributed by atoms with Gasteiger partial charge in [-0.25, -0.2) is 4.79 Å². The van der Waals surface area contributed by atoms with Gasteiger partial charge in [-0.05, 0) is 57.3 Å². The Balaban J connectivity index is 1.38. The van der Waals surface area contributed by atoms with E-state index in [0.29, 0.717) is 12.5 Å². The fraction of sp³-hybridized carbons (Fsp3) is 0.609. The maximum Gasteiger partial charge on any atom is 0.329 e. The number of benzene rings is 1. The van der Waals surface area contributed by atoms with Gasteiger partial charge in [0.1, 0.15) is 6.04 Å². The second kappa shape index (κ2) is 8.71. The highest BCUT2D eigenvalue weighted by molar-refractivity contribution is 6.00. The van der Waals surface area contributed by atoms with E-state index < -0.39 is 11.9 Å². The number of carbonyl (C=O) groups excluding carboxylic acids is 2. The van der Waals surface area contributed by atoms with Crippen LogP contribution < -0.4 is 21.2 Å². The summed E-state index contributed by atoms with van der Waals surface area (Å²) in [4.78, 5) is 39.5. The number of carbonyl (C=O) groups is 2. The van der Waals surface area contributed by atoms with Gasteiger partial charge in [-0.2, -0.15) is 0 Å². The van der Waals surface area contributed by atoms with Gasteiger partial charge in [0, 0.05) is 26.6 Å². The second-order valence-electron chi connectivity index (χ2n) is 9.10. The highest BCUT2D eigenvalue weighted by Gasteiger charge is 2.32. The Bertz CT molecular complexity index is 1080. The molecular weight excluding hydrogens is 410 g/mol. The third kappa shape index (κ3) is 3.84. The van der Waals surface area contributed by atoms with E-state index in [4.69, 9.17) is 4.74 Å².